The van der Waals surface area contributed by atoms with Crippen LogP contribution in [0.5, 0.6) is 0 Å². The summed E-state index contributed by atoms with van der Waals surface area (Å²) >= 11 is 3.44. The Labute approximate surface area is 179 Å². The first-order valence-corrected chi connectivity index (χ1v) is 11.2. The molecule has 6 heteroatoms. The van der Waals surface area contributed by atoms with Crippen molar-refractivity contribution in [1.29, 1.82) is 0 Å². The van der Waals surface area contributed by atoms with Gasteiger partial charge in [0.15, 0.2) is 0 Å². The van der Waals surface area contributed by atoms with Gasteiger partial charge in [-0.2, -0.15) is 9.78 Å². The standard InChI is InChI=1S/C23H27BrN4O/c1-4-22-26-21-11-10-18(24)13-20(21)23(29)28(22)25-14-17-12-15(2)27(16(17)3)19-8-6-5-7-9-19/h10-14,19H,4-9H2,1-3H3. The highest BCUT2D eigenvalue weighted by Crippen LogP contribution is 2.31. The van der Waals surface area contributed by atoms with E-state index in [1.165, 1.54) is 48.2 Å². The largest absolute Gasteiger partial charge is 0.345 e. The molecule has 2 heterocycles. The van der Waals surface area contributed by atoms with Crippen molar-refractivity contribution in [2.45, 2.75) is 65.3 Å². The summed E-state index contributed by atoms with van der Waals surface area (Å²) in [6.45, 7) is 6.31. The highest BCUT2D eigenvalue weighted by atomic mass is 79.9. The highest BCUT2D eigenvalue weighted by Gasteiger charge is 2.19. The molecule has 1 aliphatic rings. The summed E-state index contributed by atoms with van der Waals surface area (Å²) in [6, 6.07) is 8.34. The highest BCUT2D eigenvalue weighted by molar-refractivity contribution is 9.10. The zero-order valence-electron chi connectivity index (χ0n) is 17.3. The fourth-order valence-electron chi connectivity index (χ4n) is 4.50. The van der Waals surface area contributed by atoms with Crippen molar-refractivity contribution in [2.75, 3.05) is 0 Å². The maximum atomic E-state index is 13.1. The van der Waals surface area contributed by atoms with Crippen LogP contribution < -0.4 is 5.56 Å². The van der Waals surface area contributed by atoms with Gasteiger partial charge in [0.05, 0.1) is 17.1 Å². The van der Waals surface area contributed by atoms with Crippen molar-refractivity contribution in [3.05, 3.63) is 61.9 Å². The van der Waals surface area contributed by atoms with Gasteiger partial charge in [0, 0.05) is 33.9 Å². The molecule has 1 aliphatic carbocycles. The number of hydrogen-bond acceptors (Lipinski definition) is 3. The fraction of sp³-hybridized carbons (Fsp3) is 0.435. The van der Waals surface area contributed by atoms with Gasteiger partial charge in [-0.25, -0.2) is 4.98 Å². The van der Waals surface area contributed by atoms with Crippen LogP contribution in [0, 0.1) is 13.8 Å². The second-order valence-electron chi connectivity index (χ2n) is 7.89. The summed E-state index contributed by atoms with van der Waals surface area (Å²) < 4.78 is 4.76. The Kier molecular flexibility index (Phi) is 5.72. The van der Waals surface area contributed by atoms with Crippen molar-refractivity contribution < 1.29 is 0 Å². The minimum absolute atomic E-state index is 0.134. The first kappa shape index (κ1) is 20.1. The molecule has 4 rings (SSSR count). The van der Waals surface area contributed by atoms with Crippen molar-refractivity contribution in [2.24, 2.45) is 5.10 Å². The van der Waals surface area contributed by atoms with Gasteiger partial charge >= 0.3 is 0 Å². The van der Waals surface area contributed by atoms with Crippen LogP contribution in [0.4, 0.5) is 0 Å². The molecular formula is C23H27BrN4O. The third-order valence-electron chi connectivity index (χ3n) is 5.97. The van der Waals surface area contributed by atoms with Crippen molar-refractivity contribution >= 4 is 33.0 Å². The van der Waals surface area contributed by atoms with Crippen molar-refractivity contribution in [3.63, 3.8) is 0 Å². The lowest BCUT2D eigenvalue weighted by Crippen LogP contribution is -2.22. The van der Waals surface area contributed by atoms with Gasteiger partial charge in [-0.1, -0.05) is 42.1 Å². The van der Waals surface area contributed by atoms with E-state index in [0.29, 0.717) is 29.2 Å². The van der Waals surface area contributed by atoms with Gasteiger partial charge < -0.3 is 4.57 Å². The average molecular weight is 455 g/mol. The van der Waals surface area contributed by atoms with Gasteiger partial charge in [0.2, 0.25) is 0 Å². The summed E-state index contributed by atoms with van der Waals surface area (Å²) in [6.07, 6.45) is 8.90. The van der Waals surface area contributed by atoms with E-state index in [4.69, 9.17) is 0 Å². The molecule has 5 nitrogen and oxygen atoms in total. The zero-order chi connectivity index (χ0) is 20.5. The quantitative estimate of drug-likeness (QED) is 0.486. The molecule has 1 aromatic carbocycles. The minimum Gasteiger partial charge on any atom is -0.345 e. The first-order valence-electron chi connectivity index (χ1n) is 10.4. The molecule has 0 bridgehead atoms. The number of halogens is 1. The van der Waals surface area contributed by atoms with E-state index < -0.39 is 0 Å². The van der Waals surface area contributed by atoms with E-state index in [0.717, 1.165) is 10.0 Å². The third kappa shape index (κ3) is 3.82. The van der Waals surface area contributed by atoms with E-state index in [2.05, 4.69) is 50.5 Å². The van der Waals surface area contributed by atoms with Crippen LogP contribution in [0.3, 0.4) is 0 Å². The van der Waals surface area contributed by atoms with Crippen LogP contribution >= 0.6 is 15.9 Å². The summed E-state index contributed by atoms with van der Waals surface area (Å²) in [5, 5.41) is 5.15. The molecule has 3 aromatic rings. The Morgan fingerprint density at radius 2 is 1.97 bits per heavy atom. The Hall–Kier alpha value is -2.21. The summed E-state index contributed by atoms with van der Waals surface area (Å²) in [5.74, 6) is 0.669. The lowest BCUT2D eigenvalue weighted by Gasteiger charge is -2.26. The zero-order valence-corrected chi connectivity index (χ0v) is 18.9. The molecule has 2 aromatic heterocycles. The number of hydrogen-bond donors (Lipinski definition) is 0. The smallest absolute Gasteiger partial charge is 0.282 e. The van der Waals surface area contributed by atoms with E-state index in [9.17, 15) is 4.79 Å². The molecule has 0 saturated heterocycles. The number of fused-ring (bicyclic) bond motifs is 1. The van der Waals surface area contributed by atoms with Crippen LogP contribution in [0.15, 0.2) is 38.6 Å². The van der Waals surface area contributed by atoms with Crippen LogP contribution in [0.25, 0.3) is 10.9 Å². The Balaban J connectivity index is 1.75. The monoisotopic (exact) mass is 454 g/mol. The molecule has 0 amide bonds. The summed E-state index contributed by atoms with van der Waals surface area (Å²) in [4.78, 5) is 17.7. The number of benzene rings is 1. The van der Waals surface area contributed by atoms with E-state index in [1.54, 1.807) is 0 Å². The first-order chi connectivity index (χ1) is 14.0. The molecule has 0 N–H and O–H groups in total. The van der Waals surface area contributed by atoms with Crippen molar-refractivity contribution in [3.8, 4) is 0 Å². The SMILES string of the molecule is CCc1nc2ccc(Br)cc2c(=O)n1N=Cc1cc(C)n(C2CCCCC2)c1C. The maximum absolute atomic E-state index is 13.1. The van der Waals surface area contributed by atoms with E-state index >= 15 is 0 Å². The molecule has 29 heavy (non-hydrogen) atoms. The average Bonchev–Trinajstić information content (AvgIpc) is 3.01. The molecule has 0 unspecified atom stereocenters. The second-order valence-corrected chi connectivity index (χ2v) is 8.81. The van der Waals surface area contributed by atoms with Gasteiger partial charge in [-0.3, -0.25) is 4.79 Å². The number of nitrogens with zero attached hydrogens (tertiary/aromatic N) is 4. The normalized spacial score (nSPS) is 15.6. The van der Waals surface area contributed by atoms with Gasteiger partial charge in [0.1, 0.15) is 5.82 Å². The topological polar surface area (TPSA) is 52.2 Å². The van der Waals surface area contributed by atoms with Crippen molar-refractivity contribution in [1.82, 2.24) is 14.2 Å². The van der Waals surface area contributed by atoms with Crippen LogP contribution in [0.1, 0.15) is 67.8 Å². The van der Waals surface area contributed by atoms with E-state index in [-0.39, 0.29) is 5.56 Å². The summed E-state index contributed by atoms with van der Waals surface area (Å²) in [5.41, 5.74) is 4.12. The maximum Gasteiger partial charge on any atom is 0.282 e. The Morgan fingerprint density at radius 3 is 2.69 bits per heavy atom. The molecule has 0 atom stereocenters. The lowest BCUT2D eigenvalue weighted by molar-refractivity contribution is 0.346. The molecule has 152 valence electrons. The Morgan fingerprint density at radius 1 is 1.21 bits per heavy atom. The van der Waals surface area contributed by atoms with E-state index in [1.807, 2.05) is 31.3 Å². The summed E-state index contributed by atoms with van der Waals surface area (Å²) in [7, 11) is 0. The number of aryl methyl sites for hydroxylation is 2. The molecule has 1 fully saturated rings. The molecular weight excluding hydrogens is 428 g/mol. The van der Waals surface area contributed by atoms with Gasteiger partial charge in [-0.15, -0.1) is 0 Å². The predicted octanol–water partition coefficient (Wildman–Crippen LogP) is 5.53. The second kappa shape index (κ2) is 8.27. The lowest BCUT2D eigenvalue weighted by atomic mass is 9.95. The Bertz CT molecular complexity index is 1140. The van der Waals surface area contributed by atoms with Crippen LogP contribution in [-0.4, -0.2) is 20.4 Å². The minimum atomic E-state index is -0.134. The van der Waals surface area contributed by atoms with Gasteiger partial charge in [0.25, 0.3) is 5.56 Å². The molecule has 0 aliphatic heterocycles. The molecule has 0 radical (unpaired) electrons. The fourth-order valence-corrected chi connectivity index (χ4v) is 4.86. The third-order valence-corrected chi connectivity index (χ3v) is 6.46. The number of rotatable bonds is 4. The van der Waals surface area contributed by atoms with Crippen LogP contribution in [0.2, 0.25) is 0 Å². The predicted molar refractivity (Wildman–Crippen MR) is 122 cm³/mol. The van der Waals surface area contributed by atoms with Crippen LogP contribution in [-0.2, 0) is 6.42 Å². The molecule has 0 spiro atoms. The number of aromatic nitrogens is 3. The van der Waals surface area contributed by atoms with Gasteiger partial charge in [-0.05, 0) is 51.0 Å². The molecule has 1 saturated carbocycles.